The molecular weight excluding hydrogens is 466 g/mol. The normalized spacial score (nSPS) is 17.6. The number of fused-ring (bicyclic) bond motifs is 3. The van der Waals surface area contributed by atoms with Crippen LogP contribution in [0.3, 0.4) is 0 Å². The summed E-state index contributed by atoms with van der Waals surface area (Å²) in [5.41, 5.74) is 6.91. The fourth-order valence-corrected chi connectivity index (χ4v) is 6.23. The Hall–Kier alpha value is -3.92. The molecule has 0 saturated carbocycles. The maximum atomic E-state index is 14.0. The van der Waals surface area contributed by atoms with Gasteiger partial charge in [0.05, 0.1) is 5.41 Å². The van der Waals surface area contributed by atoms with Gasteiger partial charge in [-0.1, -0.05) is 92.6 Å². The van der Waals surface area contributed by atoms with Crippen molar-refractivity contribution in [2.75, 3.05) is 16.3 Å². The van der Waals surface area contributed by atoms with Crippen molar-refractivity contribution in [1.29, 1.82) is 0 Å². The predicted octanol–water partition coefficient (Wildman–Crippen LogP) is 6.86. The molecule has 1 aliphatic carbocycles. The van der Waals surface area contributed by atoms with Crippen LogP contribution in [0.1, 0.15) is 54.0 Å². The lowest BCUT2D eigenvalue weighted by Gasteiger charge is -2.26. The molecule has 2 aliphatic rings. The summed E-state index contributed by atoms with van der Waals surface area (Å²) in [6.07, 6.45) is 6.59. The zero-order valence-electron chi connectivity index (χ0n) is 22.1. The van der Waals surface area contributed by atoms with Crippen LogP contribution in [0.4, 0.5) is 11.5 Å². The summed E-state index contributed by atoms with van der Waals surface area (Å²) in [5, 5.41) is 0. The Balaban J connectivity index is 1.32. The van der Waals surface area contributed by atoms with Crippen LogP contribution >= 0.6 is 0 Å². The van der Waals surface area contributed by atoms with Gasteiger partial charge in [0.2, 0.25) is 5.91 Å². The first-order valence-electron chi connectivity index (χ1n) is 13.9. The molecule has 1 spiro atoms. The Morgan fingerprint density at radius 3 is 2.18 bits per heavy atom. The SMILES string of the molecule is CCCCCN1C(=O)[C@@]2(Cc3ccc(N(Cc4ccccc4)Cc4ccccc4)cc3C2)c2cccnc21. The standard InChI is InChI=1S/C34H35N3O/c1-2-3-10-20-37-32-31(16-11-19-35-32)34(33(37)38)22-28-17-18-30(21-29(28)23-34)36(24-26-12-6-4-7-13-26)25-27-14-8-5-9-15-27/h4-9,11-19,21H,2-3,10,20,22-25H2,1H3/t34-/m1/s1. The van der Waals surface area contributed by atoms with Crippen LogP contribution in [0, 0.1) is 0 Å². The van der Waals surface area contributed by atoms with Gasteiger partial charge in [-0.3, -0.25) is 9.69 Å². The molecule has 0 unspecified atom stereocenters. The molecule has 38 heavy (non-hydrogen) atoms. The van der Waals surface area contributed by atoms with Crippen LogP contribution in [0.5, 0.6) is 0 Å². The fourth-order valence-electron chi connectivity index (χ4n) is 6.23. The largest absolute Gasteiger partial charge is 0.363 e. The van der Waals surface area contributed by atoms with Gasteiger partial charge in [-0.2, -0.15) is 0 Å². The second kappa shape index (κ2) is 10.4. The van der Waals surface area contributed by atoms with Gasteiger partial charge in [0, 0.05) is 37.1 Å². The molecule has 4 nitrogen and oxygen atoms in total. The van der Waals surface area contributed by atoms with E-state index in [0.29, 0.717) is 0 Å². The number of carbonyl (C=O) groups is 1. The smallest absolute Gasteiger partial charge is 0.239 e. The van der Waals surface area contributed by atoms with Crippen LogP contribution in [-0.4, -0.2) is 17.4 Å². The van der Waals surface area contributed by atoms with E-state index in [2.05, 4.69) is 102 Å². The summed E-state index contributed by atoms with van der Waals surface area (Å²) in [5.74, 6) is 1.10. The molecule has 0 fully saturated rings. The Kier molecular flexibility index (Phi) is 6.71. The van der Waals surface area contributed by atoms with Gasteiger partial charge < -0.3 is 4.90 Å². The molecule has 3 aromatic carbocycles. The molecule has 192 valence electrons. The van der Waals surface area contributed by atoms with E-state index >= 15 is 0 Å². The molecule has 0 N–H and O–H groups in total. The second-order valence-corrected chi connectivity index (χ2v) is 10.8. The van der Waals surface area contributed by atoms with E-state index in [1.165, 1.54) is 27.9 Å². The van der Waals surface area contributed by atoms with E-state index in [9.17, 15) is 4.79 Å². The summed E-state index contributed by atoms with van der Waals surface area (Å²) in [6.45, 7) is 4.61. The number of aromatic nitrogens is 1. The van der Waals surface area contributed by atoms with Gasteiger partial charge in [-0.25, -0.2) is 4.98 Å². The fraction of sp³-hybridized carbons (Fsp3) is 0.294. The van der Waals surface area contributed by atoms with Gasteiger partial charge in [0.25, 0.3) is 0 Å². The molecule has 6 rings (SSSR count). The Bertz CT molecular complexity index is 1380. The number of unbranched alkanes of at least 4 members (excludes halogenated alkanes) is 2. The lowest BCUT2D eigenvalue weighted by Crippen LogP contribution is -2.41. The molecule has 0 radical (unpaired) electrons. The first kappa shape index (κ1) is 24.4. The summed E-state index contributed by atoms with van der Waals surface area (Å²) in [4.78, 5) is 23.1. The predicted molar refractivity (Wildman–Crippen MR) is 154 cm³/mol. The first-order chi connectivity index (χ1) is 18.7. The molecule has 1 aromatic heterocycles. The number of nitrogens with zero attached hydrogens (tertiary/aromatic N) is 3. The topological polar surface area (TPSA) is 36.4 Å². The van der Waals surface area contributed by atoms with Gasteiger partial charge in [0.1, 0.15) is 5.82 Å². The number of hydrogen-bond acceptors (Lipinski definition) is 3. The van der Waals surface area contributed by atoms with Gasteiger partial charge >= 0.3 is 0 Å². The molecule has 0 bridgehead atoms. The molecule has 2 heterocycles. The van der Waals surface area contributed by atoms with E-state index in [-0.39, 0.29) is 5.91 Å². The van der Waals surface area contributed by atoms with Crippen molar-refractivity contribution >= 4 is 17.4 Å². The number of carbonyl (C=O) groups excluding carboxylic acids is 1. The van der Waals surface area contributed by atoms with E-state index in [1.807, 2.05) is 17.2 Å². The summed E-state index contributed by atoms with van der Waals surface area (Å²) >= 11 is 0. The van der Waals surface area contributed by atoms with Crippen molar-refractivity contribution < 1.29 is 4.79 Å². The minimum atomic E-state index is -0.527. The number of pyridine rings is 1. The van der Waals surface area contributed by atoms with Crippen LogP contribution in [0.25, 0.3) is 0 Å². The maximum Gasteiger partial charge on any atom is 0.239 e. The van der Waals surface area contributed by atoms with E-state index in [1.54, 1.807) is 0 Å². The zero-order valence-corrected chi connectivity index (χ0v) is 22.1. The Labute approximate surface area is 226 Å². The summed E-state index contributed by atoms with van der Waals surface area (Å²) in [6, 6.07) is 32.2. The quantitative estimate of drug-likeness (QED) is 0.235. The van der Waals surface area contributed by atoms with Crippen LogP contribution in [0.15, 0.2) is 97.2 Å². The molecule has 4 heteroatoms. The average Bonchev–Trinajstić information content (AvgIpc) is 3.45. The number of hydrogen-bond donors (Lipinski definition) is 0. The van der Waals surface area contributed by atoms with Crippen molar-refractivity contribution in [2.45, 2.75) is 57.5 Å². The lowest BCUT2D eigenvalue weighted by atomic mass is 9.79. The van der Waals surface area contributed by atoms with Crippen molar-refractivity contribution in [3.05, 3.63) is 125 Å². The summed E-state index contributed by atoms with van der Waals surface area (Å²) in [7, 11) is 0. The highest BCUT2D eigenvalue weighted by molar-refractivity contribution is 6.08. The van der Waals surface area contributed by atoms with Crippen LogP contribution in [-0.2, 0) is 36.1 Å². The Morgan fingerprint density at radius 2 is 1.50 bits per heavy atom. The third kappa shape index (κ3) is 4.49. The maximum absolute atomic E-state index is 14.0. The Morgan fingerprint density at radius 1 is 0.816 bits per heavy atom. The number of anilines is 2. The van der Waals surface area contributed by atoms with Crippen molar-refractivity contribution in [1.82, 2.24) is 4.98 Å². The molecule has 1 amide bonds. The number of rotatable bonds is 9. The minimum absolute atomic E-state index is 0.227. The zero-order chi connectivity index (χ0) is 26.0. The number of benzene rings is 3. The van der Waals surface area contributed by atoms with Crippen molar-refractivity contribution in [3.63, 3.8) is 0 Å². The molecule has 1 aliphatic heterocycles. The molecule has 0 saturated heterocycles. The summed E-state index contributed by atoms with van der Waals surface area (Å²) < 4.78 is 0. The number of amides is 1. The highest BCUT2D eigenvalue weighted by atomic mass is 16.2. The van der Waals surface area contributed by atoms with E-state index < -0.39 is 5.41 Å². The third-order valence-corrected chi connectivity index (χ3v) is 8.17. The van der Waals surface area contributed by atoms with E-state index in [4.69, 9.17) is 0 Å². The van der Waals surface area contributed by atoms with Gasteiger partial charge in [0.15, 0.2) is 0 Å². The van der Waals surface area contributed by atoms with Crippen molar-refractivity contribution in [3.8, 4) is 0 Å². The second-order valence-electron chi connectivity index (χ2n) is 10.8. The van der Waals surface area contributed by atoms with Crippen LogP contribution < -0.4 is 9.80 Å². The average molecular weight is 502 g/mol. The molecular formula is C34H35N3O. The van der Waals surface area contributed by atoms with Gasteiger partial charge in [-0.05, 0) is 59.7 Å². The third-order valence-electron chi connectivity index (χ3n) is 8.17. The first-order valence-corrected chi connectivity index (χ1v) is 13.9. The van der Waals surface area contributed by atoms with Gasteiger partial charge in [-0.15, -0.1) is 0 Å². The van der Waals surface area contributed by atoms with Crippen molar-refractivity contribution in [2.24, 2.45) is 0 Å². The van der Waals surface area contributed by atoms with E-state index in [0.717, 1.165) is 63.1 Å². The highest BCUT2D eigenvalue weighted by Gasteiger charge is 2.54. The minimum Gasteiger partial charge on any atom is -0.363 e. The molecule has 4 aromatic rings. The van der Waals surface area contributed by atoms with Crippen LogP contribution in [0.2, 0.25) is 0 Å². The lowest BCUT2D eigenvalue weighted by molar-refractivity contribution is -0.122. The highest BCUT2D eigenvalue weighted by Crippen LogP contribution is 2.49. The monoisotopic (exact) mass is 501 g/mol. The molecule has 1 atom stereocenters.